The molecule has 2 aliphatic rings. The van der Waals surface area contributed by atoms with E-state index in [2.05, 4.69) is 9.98 Å². The molecule has 0 saturated heterocycles. The molecule has 2 heterocycles. The molecule has 1 N–H and O–H groups in total. The molecule has 2 aromatic rings. The lowest BCUT2D eigenvalue weighted by molar-refractivity contribution is 0.0942. The SMILES string of the molecule is COC1=CC2=NCc3c([nH]c4ccccc34)C(=O)C2CC1. The van der Waals surface area contributed by atoms with Crippen LogP contribution in [0.1, 0.15) is 28.9 Å². The van der Waals surface area contributed by atoms with Crippen molar-refractivity contribution in [2.45, 2.75) is 19.4 Å². The van der Waals surface area contributed by atoms with Gasteiger partial charge in [0.15, 0.2) is 5.78 Å². The molecule has 4 nitrogen and oxygen atoms in total. The molecule has 1 atom stereocenters. The molecule has 106 valence electrons. The summed E-state index contributed by atoms with van der Waals surface area (Å²) in [5.74, 6) is 0.926. The van der Waals surface area contributed by atoms with Crippen molar-refractivity contribution < 1.29 is 9.53 Å². The van der Waals surface area contributed by atoms with Crippen molar-refractivity contribution in [2.75, 3.05) is 7.11 Å². The van der Waals surface area contributed by atoms with E-state index in [1.165, 1.54) is 0 Å². The van der Waals surface area contributed by atoms with Crippen LogP contribution in [0.3, 0.4) is 0 Å². The van der Waals surface area contributed by atoms with Crippen LogP contribution in [-0.4, -0.2) is 23.6 Å². The van der Waals surface area contributed by atoms with E-state index in [4.69, 9.17) is 4.74 Å². The summed E-state index contributed by atoms with van der Waals surface area (Å²) in [5.41, 5.74) is 3.62. The molecule has 1 aromatic carbocycles. The molecular formula is C17H16N2O2. The fourth-order valence-corrected chi connectivity index (χ4v) is 3.27. The van der Waals surface area contributed by atoms with Crippen LogP contribution in [0.25, 0.3) is 10.9 Å². The van der Waals surface area contributed by atoms with E-state index in [0.29, 0.717) is 6.54 Å². The van der Waals surface area contributed by atoms with E-state index in [1.807, 2.05) is 30.3 Å². The number of carbonyl (C=O) groups excluding carboxylic acids is 1. The van der Waals surface area contributed by atoms with Crippen molar-refractivity contribution in [3.8, 4) is 0 Å². The number of aliphatic imine (C=N–C) groups is 1. The predicted octanol–water partition coefficient (Wildman–Crippen LogP) is 3.25. The van der Waals surface area contributed by atoms with Gasteiger partial charge in [-0.25, -0.2) is 0 Å². The second-order valence-electron chi connectivity index (χ2n) is 5.54. The number of nitrogens with one attached hydrogen (secondary N) is 1. The third-order valence-electron chi connectivity index (χ3n) is 4.40. The third-order valence-corrected chi connectivity index (χ3v) is 4.40. The maximum Gasteiger partial charge on any atom is 0.188 e. The first kappa shape index (κ1) is 12.4. The average molecular weight is 280 g/mol. The van der Waals surface area contributed by atoms with Gasteiger partial charge in [-0.1, -0.05) is 18.2 Å². The molecular weight excluding hydrogens is 264 g/mol. The van der Waals surface area contributed by atoms with E-state index >= 15 is 0 Å². The summed E-state index contributed by atoms with van der Waals surface area (Å²) in [6.45, 7) is 0.546. The number of fused-ring (bicyclic) bond motifs is 4. The first-order valence-electron chi connectivity index (χ1n) is 7.20. The highest BCUT2D eigenvalue weighted by atomic mass is 16.5. The lowest BCUT2D eigenvalue weighted by atomic mass is 9.86. The smallest absolute Gasteiger partial charge is 0.188 e. The fourth-order valence-electron chi connectivity index (χ4n) is 3.27. The van der Waals surface area contributed by atoms with Crippen LogP contribution >= 0.6 is 0 Å². The zero-order chi connectivity index (χ0) is 14.4. The van der Waals surface area contributed by atoms with Crippen LogP contribution in [0.5, 0.6) is 0 Å². The van der Waals surface area contributed by atoms with Crippen LogP contribution in [0.15, 0.2) is 41.1 Å². The van der Waals surface area contributed by atoms with Gasteiger partial charge in [0.1, 0.15) is 0 Å². The Morgan fingerprint density at radius 1 is 1.33 bits per heavy atom. The Hall–Kier alpha value is -2.36. The number of hydrogen-bond acceptors (Lipinski definition) is 3. The molecule has 21 heavy (non-hydrogen) atoms. The highest BCUT2D eigenvalue weighted by Crippen LogP contribution is 2.32. The lowest BCUT2D eigenvalue weighted by Crippen LogP contribution is -2.26. The minimum Gasteiger partial charge on any atom is -0.501 e. The molecule has 0 radical (unpaired) electrons. The zero-order valence-electron chi connectivity index (χ0n) is 11.8. The van der Waals surface area contributed by atoms with Gasteiger partial charge in [-0.3, -0.25) is 9.79 Å². The van der Waals surface area contributed by atoms with Crippen molar-refractivity contribution in [2.24, 2.45) is 10.9 Å². The standard InChI is InChI=1S/C17H16N2O2/c1-21-10-6-7-12-15(8-10)18-9-13-11-4-2-3-5-14(11)19-16(13)17(12)20/h2-5,8,12,19H,6-7,9H2,1H3. The van der Waals surface area contributed by atoms with Crippen molar-refractivity contribution in [1.82, 2.24) is 4.98 Å². The van der Waals surface area contributed by atoms with Gasteiger partial charge >= 0.3 is 0 Å². The van der Waals surface area contributed by atoms with Gasteiger partial charge in [0.25, 0.3) is 0 Å². The molecule has 0 bridgehead atoms. The number of carbonyl (C=O) groups is 1. The highest BCUT2D eigenvalue weighted by Gasteiger charge is 2.33. The Labute approximate surface area is 122 Å². The maximum atomic E-state index is 12.9. The topological polar surface area (TPSA) is 54.4 Å². The van der Waals surface area contributed by atoms with Gasteiger partial charge in [-0.15, -0.1) is 0 Å². The molecule has 4 heteroatoms. The Kier molecular flexibility index (Phi) is 2.70. The summed E-state index contributed by atoms with van der Waals surface area (Å²) >= 11 is 0. The minimum absolute atomic E-state index is 0.141. The Balaban J connectivity index is 1.87. The number of hydrogen-bond donors (Lipinski definition) is 1. The number of para-hydroxylation sites is 1. The van der Waals surface area contributed by atoms with Crippen molar-refractivity contribution in [3.63, 3.8) is 0 Å². The van der Waals surface area contributed by atoms with Crippen molar-refractivity contribution in [3.05, 3.63) is 47.4 Å². The molecule has 1 aromatic heterocycles. The van der Waals surface area contributed by atoms with E-state index in [0.717, 1.165) is 46.5 Å². The second-order valence-corrected chi connectivity index (χ2v) is 5.54. The number of ether oxygens (including phenoxy) is 1. The number of Topliss-reactive ketones (excluding diaryl/α,β-unsaturated/α-hetero) is 1. The molecule has 0 spiro atoms. The van der Waals surface area contributed by atoms with Gasteiger partial charge < -0.3 is 9.72 Å². The first-order valence-corrected chi connectivity index (χ1v) is 7.20. The Morgan fingerprint density at radius 3 is 3.05 bits per heavy atom. The molecule has 0 saturated carbocycles. The number of benzene rings is 1. The maximum absolute atomic E-state index is 12.9. The van der Waals surface area contributed by atoms with E-state index in [9.17, 15) is 4.79 Å². The zero-order valence-corrected chi connectivity index (χ0v) is 11.8. The summed E-state index contributed by atoms with van der Waals surface area (Å²) in [4.78, 5) is 20.8. The number of H-pyrrole nitrogens is 1. The number of aromatic nitrogens is 1. The molecule has 1 unspecified atom stereocenters. The second kappa shape index (κ2) is 4.58. The number of aromatic amines is 1. The molecule has 0 fully saturated rings. The highest BCUT2D eigenvalue weighted by molar-refractivity contribution is 6.18. The number of nitrogens with zero attached hydrogens (tertiary/aromatic N) is 1. The Bertz CT molecular complexity index is 798. The normalized spacial score (nSPS) is 21.2. The summed E-state index contributed by atoms with van der Waals surface area (Å²) in [5, 5.41) is 1.10. The van der Waals surface area contributed by atoms with Gasteiger partial charge in [0, 0.05) is 28.6 Å². The minimum atomic E-state index is -0.141. The van der Waals surface area contributed by atoms with E-state index < -0.39 is 0 Å². The van der Waals surface area contributed by atoms with Crippen molar-refractivity contribution in [1.29, 1.82) is 0 Å². The quantitative estimate of drug-likeness (QED) is 0.871. The predicted molar refractivity (Wildman–Crippen MR) is 81.6 cm³/mol. The fraction of sp³-hybridized carbons (Fsp3) is 0.294. The average Bonchev–Trinajstić information content (AvgIpc) is 2.84. The van der Waals surface area contributed by atoms with Crippen LogP contribution in [-0.2, 0) is 11.3 Å². The number of ketones is 1. The van der Waals surface area contributed by atoms with Crippen molar-refractivity contribution >= 4 is 22.4 Å². The first-order chi connectivity index (χ1) is 10.3. The molecule has 4 rings (SSSR count). The van der Waals surface area contributed by atoms with Crippen LogP contribution < -0.4 is 0 Å². The van der Waals surface area contributed by atoms with Gasteiger partial charge in [0.05, 0.1) is 31.0 Å². The van der Waals surface area contributed by atoms with Gasteiger partial charge in [0.2, 0.25) is 0 Å². The summed E-state index contributed by atoms with van der Waals surface area (Å²) in [7, 11) is 1.67. The van der Waals surface area contributed by atoms with Crippen LogP contribution in [0, 0.1) is 5.92 Å². The lowest BCUT2D eigenvalue weighted by Gasteiger charge is -2.20. The Morgan fingerprint density at radius 2 is 2.19 bits per heavy atom. The summed E-state index contributed by atoms with van der Waals surface area (Å²) < 4.78 is 5.31. The van der Waals surface area contributed by atoms with Gasteiger partial charge in [-0.05, 0) is 18.6 Å². The monoisotopic (exact) mass is 280 g/mol. The van der Waals surface area contributed by atoms with Crippen LogP contribution in [0.2, 0.25) is 0 Å². The number of rotatable bonds is 1. The number of allylic oxidation sites excluding steroid dienone is 2. The summed E-state index contributed by atoms with van der Waals surface area (Å²) in [6.07, 6.45) is 3.49. The third kappa shape index (κ3) is 1.82. The number of methoxy groups -OCH3 is 1. The molecule has 0 amide bonds. The van der Waals surface area contributed by atoms with Gasteiger partial charge in [-0.2, -0.15) is 0 Å². The van der Waals surface area contributed by atoms with E-state index in [-0.39, 0.29) is 11.7 Å². The largest absolute Gasteiger partial charge is 0.501 e. The molecule has 1 aliphatic carbocycles. The summed E-state index contributed by atoms with van der Waals surface area (Å²) in [6, 6.07) is 8.02. The molecule has 1 aliphatic heterocycles. The van der Waals surface area contributed by atoms with E-state index in [1.54, 1.807) is 7.11 Å². The van der Waals surface area contributed by atoms with Crippen LogP contribution in [0.4, 0.5) is 0 Å².